The number of anilines is 2. The number of benzene rings is 2. The molecule has 7 heteroatoms. The fourth-order valence-corrected chi connectivity index (χ4v) is 2.50. The molecule has 1 aromatic heterocycles. The van der Waals surface area contributed by atoms with Crippen LogP contribution in [0.4, 0.5) is 20.4 Å². The van der Waals surface area contributed by atoms with Gasteiger partial charge in [0.25, 0.3) is 0 Å². The lowest BCUT2D eigenvalue weighted by molar-refractivity contribution is -0.115. The van der Waals surface area contributed by atoms with Gasteiger partial charge in [0.15, 0.2) is 5.82 Å². The summed E-state index contributed by atoms with van der Waals surface area (Å²) < 4.78 is 26.0. The average Bonchev–Trinajstić information content (AvgIpc) is 2.65. The number of amides is 1. The van der Waals surface area contributed by atoms with Crippen LogP contribution in [-0.4, -0.2) is 22.6 Å². The maximum atomic E-state index is 13.1. The summed E-state index contributed by atoms with van der Waals surface area (Å²) in [4.78, 5) is 12.0. The van der Waals surface area contributed by atoms with Crippen LogP contribution in [0.5, 0.6) is 0 Å². The SMILES string of the molecule is O=C(Cc1cccc(F)c1)Nc1ccc(NCCc2ccc(F)cc2)nn1. The zero-order valence-electron chi connectivity index (χ0n) is 14.5. The second-order valence-electron chi connectivity index (χ2n) is 5.96. The van der Waals surface area contributed by atoms with E-state index >= 15 is 0 Å². The number of hydrogen-bond donors (Lipinski definition) is 2. The molecule has 2 aromatic carbocycles. The van der Waals surface area contributed by atoms with Gasteiger partial charge in [-0.15, -0.1) is 10.2 Å². The monoisotopic (exact) mass is 368 g/mol. The molecular formula is C20H18F2N4O. The van der Waals surface area contributed by atoms with E-state index in [1.54, 1.807) is 36.4 Å². The van der Waals surface area contributed by atoms with Crippen molar-refractivity contribution < 1.29 is 13.6 Å². The molecule has 3 aromatic rings. The molecule has 0 aliphatic carbocycles. The third-order valence-corrected chi connectivity index (χ3v) is 3.82. The van der Waals surface area contributed by atoms with E-state index in [9.17, 15) is 13.6 Å². The van der Waals surface area contributed by atoms with Gasteiger partial charge in [0.2, 0.25) is 5.91 Å². The standard InChI is InChI=1S/C20H18F2N4O/c21-16-6-4-14(5-7-16)10-11-23-18-8-9-19(26-25-18)24-20(27)13-15-2-1-3-17(22)12-15/h1-9,12H,10-11,13H2,(H,23,25)(H,24,26,27). The molecule has 138 valence electrons. The summed E-state index contributed by atoms with van der Waals surface area (Å²) in [5.74, 6) is -0.0450. The van der Waals surface area contributed by atoms with Crippen molar-refractivity contribution in [3.8, 4) is 0 Å². The van der Waals surface area contributed by atoms with Gasteiger partial charge in [0.05, 0.1) is 6.42 Å². The third kappa shape index (κ3) is 5.85. The Morgan fingerprint density at radius 2 is 1.59 bits per heavy atom. The Kier molecular flexibility index (Phi) is 6.04. The minimum absolute atomic E-state index is 0.0527. The summed E-state index contributed by atoms with van der Waals surface area (Å²) in [5.41, 5.74) is 1.60. The molecule has 0 radical (unpaired) electrons. The van der Waals surface area contributed by atoms with Crippen LogP contribution < -0.4 is 10.6 Å². The number of hydrogen-bond acceptors (Lipinski definition) is 4. The highest BCUT2D eigenvalue weighted by Crippen LogP contribution is 2.09. The molecule has 5 nitrogen and oxygen atoms in total. The molecule has 0 unspecified atom stereocenters. The molecule has 0 aliphatic rings. The van der Waals surface area contributed by atoms with Crippen LogP contribution in [0, 0.1) is 11.6 Å². The minimum atomic E-state index is -0.379. The van der Waals surface area contributed by atoms with E-state index in [1.165, 1.54) is 24.3 Å². The van der Waals surface area contributed by atoms with Gasteiger partial charge in [0, 0.05) is 6.54 Å². The van der Waals surface area contributed by atoms with Gasteiger partial charge in [0.1, 0.15) is 17.5 Å². The second kappa shape index (κ2) is 8.84. The number of nitrogens with one attached hydrogen (secondary N) is 2. The maximum absolute atomic E-state index is 13.1. The van der Waals surface area contributed by atoms with Crippen molar-refractivity contribution in [1.29, 1.82) is 0 Å². The van der Waals surface area contributed by atoms with Crippen molar-refractivity contribution in [2.75, 3.05) is 17.2 Å². The van der Waals surface area contributed by atoms with E-state index in [4.69, 9.17) is 0 Å². The maximum Gasteiger partial charge on any atom is 0.229 e. The number of carbonyl (C=O) groups is 1. The van der Waals surface area contributed by atoms with Crippen LogP contribution in [0.15, 0.2) is 60.7 Å². The Labute approximate surface area is 155 Å². The third-order valence-electron chi connectivity index (χ3n) is 3.82. The van der Waals surface area contributed by atoms with Gasteiger partial charge in [-0.05, 0) is 53.9 Å². The van der Waals surface area contributed by atoms with Crippen molar-refractivity contribution >= 4 is 17.5 Å². The molecule has 1 heterocycles. The molecule has 0 fully saturated rings. The van der Waals surface area contributed by atoms with Crippen molar-refractivity contribution in [2.45, 2.75) is 12.8 Å². The van der Waals surface area contributed by atoms with E-state index < -0.39 is 0 Å². The Morgan fingerprint density at radius 3 is 2.30 bits per heavy atom. The number of aromatic nitrogens is 2. The summed E-state index contributed by atoms with van der Waals surface area (Å²) in [6.45, 7) is 0.617. The van der Waals surface area contributed by atoms with Crippen molar-refractivity contribution in [3.63, 3.8) is 0 Å². The summed E-state index contributed by atoms with van der Waals surface area (Å²) in [6.07, 6.45) is 0.769. The highest BCUT2D eigenvalue weighted by Gasteiger charge is 2.06. The lowest BCUT2D eigenvalue weighted by Gasteiger charge is -2.07. The first-order valence-corrected chi connectivity index (χ1v) is 8.45. The van der Waals surface area contributed by atoms with E-state index in [0.717, 1.165) is 5.56 Å². The molecule has 0 saturated heterocycles. The van der Waals surface area contributed by atoms with Crippen molar-refractivity contribution in [2.24, 2.45) is 0 Å². The highest BCUT2D eigenvalue weighted by atomic mass is 19.1. The number of nitrogens with zero attached hydrogens (tertiary/aromatic N) is 2. The molecule has 0 atom stereocenters. The average molecular weight is 368 g/mol. The van der Waals surface area contributed by atoms with E-state index in [2.05, 4.69) is 20.8 Å². The van der Waals surface area contributed by atoms with Crippen LogP contribution in [0.3, 0.4) is 0 Å². The molecule has 3 rings (SSSR count). The summed E-state index contributed by atoms with van der Waals surface area (Å²) >= 11 is 0. The summed E-state index contributed by atoms with van der Waals surface area (Å²) in [5, 5.41) is 13.7. The van der Waals surface area contributed by atoms with Crippen LogP contribution in [-0.2, 0) is 17.6 Å². The highest BCUT2D eigenvalue weighted by molar-refractivity contribution is 5.91. The van der Waals surface area contributed by atoms with Gasteiger partial charge in [-0.1, -0.05) is 24.3 Å². The van der Waals surface area contributed by atoms with E-state index in [1.807, 2.05) is 0 Å². The predicted octanol–water partition coefficient (Wildman–Crippen LogP) is 3.59. The Morgan fingerprint density at radius 1 is 0.852 bits per heavy atom. The van der Waals surface area contributed by atoms with Crippen LogP contribution in [0.25, 0.3) is 0 Å². The molecule has 0 aliphatic heterocycles. The second-order valence-corrected chi connectivity index (χ2v) is 5.96. The minimum Gasteiger partial charge on any atom is -0.368 e. The zero-order valence-corrected chi connectivity index (χ0v) is 14.5. The Balaban J connectivity index is 1.46. The zero-order chi connectivity index (χ0) is 19.1. The predicted molar refractivity (Wildman–Crippen MR) is 99.4 cm³/mol. The quantitative estimate of drug-likeness (QED) is 0.669. The smallest absolute Gasteiger partial charge is 0.229 e. The van der Waals surface area contributed by atoms with Gasteiger partial charge >= 0.3 is 0 Å². The molecule has 2 N–H and O–H groups in total. The first-order chi connectivity index (χ1) is 13.1. The van der Waals surface area contributed by atoms with Crippen LogP contribution >= 0.6 is 0 Å². The summed E-state index contributed by atoms with van der Waals surface area (Å²) in [7, 11) is 0. The fourth-order valence-electron chi connectivity index (χ4n) is 2.50. The molecule has 1 amide bonds. The molecule has 0 bridgehead atoms. The number of halogens is 2. The van der Waals surface area contributed by atoms with Crippen LogP contribution in [0.2, 0.25) is 0 Å². The fraction of sp³-hybridized carbons (Fsp3) is 0.150. The first kappa shape index (κ1) is 18.4. The number of carbonyl (C=O) groups excluding carboxylic acids is 1. The van der Waals surface area contributed by atoms with E-state index in [0.29, 0.717) is 30.2 Å². The molecule has 0 spiro atoms. The normalized spacial score (nSPS) is 10.4. The topological polar surface area (TPSA) is 66.9 Å². The molecule has 0 saturated carbocycles. The van der Waals surface area contributed by atoms with Crippen LogP contribution in [0.1, 0.15) is 11.1 Å². The van der Waals surface area contributed by atoms with Gasteiger partial charge < -0.3 is 10.6 Å². The van der Waals surface area contributed by atoms with Crippen molar-refractivity contribution in [3.05, 3.63) is 83.4 Å². The lowest BCUT2D eigenvalue weighted by atomic mass is 10.1. The Hall–Kier alpha value is -3.35. The lowest BCUT2D eigenvalue weighted by Crippen LogP contribution is -2.16. The van der Waals surface area contributed by atoms with Gasteiger partial charge in [-0.3, -0.25) is 4.79 Å². The van der Waals surface area contributed by atoms with E-state index in [-0.39, 0.29) is 24.0 Å². The van der Waals surface area contributed by atoms with Crippen molar-refractivity contribution in [1.82, 2.24) is 10.2 Å². The van der Waals surface area contributed by atoms with Gasteiger partial charge in [-0.2, -0.15) is 0 Å². The molecular weight excluding hydrogens is 350 g/mol. The number of rotatable bonds is 7. The molecule has 27 heavy (non-hydrogen) atoms. The largest absolute Gasteiger partial charge is 0.368 e. The Bertz CT molecular complexity index is 899. The first-order valence-electron chi connectivity index (χ1n) is 8.45. The summed E-state index contributed by atoms with van der Waals surface area (Å²) in [6, 6.07) is 15.6. The van der Waals surface area contributed by atoms with Gasteiger partial charge in [-0.25, -0.2) is 8.78 Å².